The van der Waals surface area contributed by atoms with Crippen LogP contribution in [0, 0.1) is 11.8 Å². The van der Waals surface area contributed by atoms with Crippen molar-refractivity contribution in [1.29, 1.82) is 0 Å². The van der Waals surface area contributed by atoms with Crippen molar-refractivity contribution in [3.63, 3.8) is 0 Å². The van der Waals surface area contributed by atoms with Gasteiger partial charge in [0, 0.05) is 18.2 Å². The van der Waals surface area contributed by atoms with Crippen molar-refractivity contribution in [2.45, 2.75) is 19.3 Å². The normalized spacial score (nSPS) is 21.8. The minimum absolute atomic E-state index is 0.0319. The molecule has 1 N–H and O–H groups in total. The Bertz CT molecular complexity index is 571. The number of rotatable bonds is 2. The summed E-state index contributed by atoms with van der Waals surface area (Å²) in [5.74, 6) is -1.32. The van der Waals surface area contributed by atoms with Crippen molar-refractivity contribution < 1.29 is 14.7 Å². The molecule has 0 radical (unpaired) electrons. The number of aliphatic carboxylic acids is 1. The number of carbonyl (C=O) groups excluding carboxylic acids is 1. The minimum Gasteiger partial charge on any atom is -0.481 e. The lowest BCUT2D eigenvalue weighted by Crippen LogP contribution is -2.44. The third-order valence-electron chi connectivity index (χ3n) is 4.12. The highest BCUT2D eigenvalue weighted by Gasteiger charge is 2.34. The smallest absolute Gasteiger partial charge is 0.308 e. The van der Waals surface area contributed by atoms with Crippen LogP contribution in [0.4, 0.5) is 5.69 Å². The summed E-state index contributed by atoms with van der Waals surface area (Å²) in [7, 11) is 0. The first kappa shape index (κ1) is 12.9. The number of carboxylic acids is 1. The van der Waals surface area contributed by atoms with Crippen molar-refractivity contribution >= 4 is 17.6 Å². The van der Waals surface area contributed by atoms with Crippen molar-refractivity contribution in [2.75, 3.05) is 11.4 Å². The van der Waals surface area contributed by atoms with Gasteiger partial charge in [0.1, 0.15) is 0 Å². The monoisotopic (exact) mass is 271 g/mol. The zero-order valence-electron chi connectivity index (χ0n) is 11.2. The van der Waals surface area contributed by atoms with Gasteiger partial charge in [-0.15, -0.1) is 0 Å². The summed E-state index contributed by atoms with van der Waals surface area (Å²) in [4.78, 5) is 25.6. The summed E-state index contributed by atoms with van der Waals surface area (Å²) >= 11 is 0. The van der Waals surface area contributed by atoms with Crippen molar-refractivity contribution in [2.24, 2.45) is 11.8 Å². The molecular weight excluding hydrogens is 254 g/mol. The summed E-state index contributed by atoms with van der Waals surface area (Å²) in [6, 6.07) is 7.61. The molecule has 1 atom stereocenters. The second-order valence-corrected chi connectivity index (χ2v) is 5.46. The molecule has 20 heavy (non-hydrogen) atoms. The maximum Gasteiger partial charge on any atom is 0.308 e. The lowest BCUT2D eigenvalue weighted by Gasteiger charge is -2.34. The topological polar surface area (TPSA) is 57.6 Å². The van der Waals surface area contributed by atoms with Crippen LogP contribution in [0.1, 0.15) is 18.4 Å². The molecule has 0 fully saturated rings. The van der Waals surface area contributed by atoms with E-state index in [4.69, 9.17) is 0 Å². The van der Waals surface area contributed by atoms with Gasteiger partial charge in [-0.1, -0.05) is 30.4 Å². The quantitative estimate of drug-likeness (QED) is 0.839. The first-order valence-electron chi connectivity index (χ1n) is 6.94. The zero-order chi connectivity index (χ0) is 14.1. The zero-order valence-corrected chi connectivity index (χ0v) is 11.2. The summed E-state index contributed by atoms with van der Waals surface area (Å²) in [6.07, 6.45) is 6.06. The van der Waals surface area contributed by atoms with E-state index in [1.54, 1.807) is 4.90 Å². The highest BCUT2D eigenvalue weighted by molar-refractivity contribution is 5.97. The number of amides is 1. The van der Waals surface area contributed by atoms with Gasteiger partial charge in [0.05, 0.1) is 5.92 Å². The Morgan fingerprint density at radius 3 is 2.50 bits per heavy atom. The summed E-state index contributed by atoms with van der Waals surface area (Å²) in [6.45, 7) is 0.279. The standard InChI is InChI=1S/C16H17NO3/c18-15(11-5-1-2-6-11)17-10-13(16(19)20)9-12-7-3-4-8-14(12)17/h1-4,7-8,11,13H,5-6,9-10H2,(H,19,20). The number of fused-ring (bicyclic) bond motifs is 1. The van der Waals surface area contributed by atoms with E-state index in [9.17, 15) is 14.7 Å². The molecule has 0 saturated carbocycles. The molecule has 1 amide bonds. The molecule has 1 aromatic carbocycles. The van der Waals surface area contributed by atoms with Gasteiger partial charge in [-0.3, -0.25) is 9.59 Å². The molecular formula is C16H17NO3. The SMILES string of the molecule is O=C(O)C1Cc2ccccc2N(C(=O)C2CC=CC2)C1. The van der Waals surface area contributed by atoms with Gasteiger partial charge in [0.15, 0.2) is 0 Å². The Morgan fingerprint density at radius 1 is 1.10 bits per heavy atom. The van der Waals surface area contributed by atoms with Gasteiger partial charge in [-0.05, 0) is 30.9 Å². The summed E-state index contributed by atoms with van der Waals surface area (Å²) in [5.41, 5.74) is 1.83. The largest absolute Gasteiger partial charge is 0.481 e. The van der Waals surface area contributed by atoms with E-state index in [2.05, 4.69) is 0 Å². The number of carboxylic acid groups (broad SMARTS) is 1. The molecule has 1 aromatic rings. The van der Waals surface area contributed by atoms with Crippen molar-refractivity contribution in [3.05, 3.63) is 42.0 Å². The Labute approximate surface area is 117 Å². The second-order valence-electron chi connectivity index (χ2n) is 5.46. The molecule has 1 heterocycles. The first-order valence-corrected chi connectivity index (χ1v) is 6.94. The Morgan fingerprint density at radius 2 is 1.80 bits per heavy atom. The average molecular weight is 271 g/mol. The second kappa shape index (κ2) is 5.12. The van der Waals surface area contributed by atoms with E-state index in [1.807, 2.05) is 36.4 Å². The van der Waals surface area contributed by atoms with E-state index >= 15 is 0 Å². The fourth-order valence-electron chi connectivity index (χ4n) is 3.01. The van der Waals surface area contributed by atoms with E-state index in [0.717, 1.165) is 24.1 Å². The number of nitrogens with zero attached hydrogens (tertiary/aromatic N) is 1. The van der Waals surface area contributed by atoms with E-state index in [0.29, 0.717) is 6.42 Å². The number of allylic oxidation sites excluding steroid dienone is 2. The lowest BCUT2D eigenvalue weighted by atomic mass is 9.91. The molecule has 0 spiro atoms. The summed E-state index contributed by atoms with van der Waals surface area (Å²) < 4.78 is 0. The fourth-order valence-corrected chi connectivity index (χ4v) is 3.01. The highest BCUT2D eigenvalue weighted by Crippen LogP contribution is 2.32. The Kier molecular flexibility index (Phi) is 3.30. The number of hydrogen-bond donors (Lipinski definition) is 1. The summed E-state index contributed by atoms with van der Waals surface area (Å²) in [5, 5.41) is 9.28. The fraction of sp³-hybridized carbons (Fsp3) is 0.375. The Hall–Kier alpha value is -2.10. The van der Waals surface area contributed by atoms with E-state index < -0.39 is 11.9 Å². The molecule has 4 heteroatoms. The van der Waals surface area contributed by atoms with Crippen LogP contribution >= 0.6 is 0 Å². The predicted molar refractivity (Wildman–Crippen MR) is 75.5 cm³/mol. The number of hydrogen-bond acceptors (Lipinski definition) is 2. The molecule has 104 valence electrons. The molecule has 0 saturated heterocycles. The van der Waals surface area contributed by atoms with Crippen LogP contribution in [-0.4, -0.2) is 23.5 Å². The van der Waals surface area contributed by atoms with Crippen LogP contribution < -0.4 is 4.90 Å². The van der Waals surface area contributed by atoms with Gasteiger partial charge in [-0.2, -0.15) is 0 Å². The van der Waals surface area contributed by atoms with Gasteiger partial charge in [0.2, 0.25) is 5.91 Å². The molecule has 0 bridgehead atoms. The van der Waals surface area contributed by atoms with Crippen LogP contribution in [0.15, 0.2) is 36.4 Å². The van der Waals surface area contributed by atoms with Crippen molar-refractivity contribution in [1.82, 2.24) is 0 Å². The maximum atomic E-state index is 12.6. The number of carbonyl (C=O) groups is 2. The molecule has 3 rings (SSSR count). The Balaban J connectivity index is 1.92. The number of para-hydroxylation sites is 1. The van der Waals surface area contributed by atoms with Crippen molar-refractivity contribution in [3.8, 4) is 0 Å². The predicted octanol–water partition coefficient (Wildman–Crippen LogP) is 2.24. The third-order valence-corrected chi connectivity index (χ3v) is 4.12. The first-order chi connectivity index (χ1) is 9.66. The average Bonchev–Trinajstić information content (AvgIpc) is 2.99. The number of anilines is 1. The van der Waals surface area contributed by atoms with E-state index in [-0.39, 0.29) is 18.4 Å². The highest BCUT2D eigenvalue weighted by atomic mass is 16.4. The maximum absolute atomic E-state index is 12.6. The van der Waals surface area contributed by atoms with Crippen LogP contribution in [0.5, 0.6) is 0 Å². The molecule has 4 nitrogen and oxygen atoms in total. The van der Waals surface area contributed by atoms with Crippen LogP contribution in [0.3, 0.4) is 0 Å². The number of benzene rings is 1. The third kappa shape index (κ3) is 2.22. The van der Waals surface area contributed by atoms with Gasteiger partial charge < -0.3 is 10.0 Å². The molecule has 0 aromatic heterocycles. The van der Waals surface area contributed by atoms with Crippen LogP contribution in [0.25, 0.3) is 0 Å². The lowest BCUT2D eigenvalue weighted by molar-refractivity contribution is -0.141. The molecule has 2 aliphatic rings. The minimum atomic E-state index is -0.832. The molecule has 1 aliphatic carbocycles. The van der Waals surface area contributed by atoms with Gasteiger partial charge in [-0.25, -0.2) is 0 Å². The van der Waals surface area contributed by atoms with Gasteiger partial charge in [0.25, 0.3) is 0 Å². The molecule has 1 aliphatic heterocycles. The van der Waals surface area contributed by atoms with E-state index in [1.165, 1.54) is 0 Å². The van der Waals surface area contributed by atoms with Crippen LogP contribution in [-0.2, 0) is 16.0 Å². The molecule has 1 unspecified atom stereocenters. The van der Waals surface area contributed by atoms with Crippen LogP contribution in [0.2, 0.25) is 0 Å². The van der Waals surface area contributed by atoms with Gasteiger partial charge >= 0.3 is 5.97 Å².